The number of esters is 1. The van der Waals surface area contributed by atoms with Gasteiger partial charge in [-0.3, -0.25) is 4.79 Å². The highest BCUT2D eigenvalue weighted by Crippen LogP contribution is 2.19. The summed E-state index contributed by atoms with van der Waals surface area (Å²) in [6.45, 7) is 1.31. The van der Waals surface area contributed by atoms with Gasteiger partial charge in [-0.15, -0.1) is 0 Å². The van der Waals surface area contributed by atoms with Crippen LogP contribution in [-0.2, 0) is 19.6 Å². The van der Waals surface area contributed by atoms with Crippen LogP contribution in [-0.4, -0.2) is 27.5 Å². The van der Waals surface area contributed by atoms with E-state index in [0.29, 0.717) is 0 Å². The first kappa shape index (κ1) is 14.9. The minimum atomic E-state index is -3.91. The highest BCUT2D eigenvalue weighted by atomic mass is 32.2. The number of benzene rings is 1. The Morgan fingerprint density at radius 3 is 2.74 bits per heavy atom. The Kier molecular flexibility index (Phi) is 4.86. The van der Waals surface area contributed by atoms with Gasteiger partial charge in [-0.1, -0.05) is 0 Å². The average molecular weight is 283 g/mol. The Bertz CT molecular complexity index is 619. The summed E-state index contributed by atoms with van der Waals surface area (Å²) in [5.41, 5.74) is 5.75. The minimum absolute atomic E-state index is 0.0598. The van der Waals surface area contributed by atoms with Crippen LogP contribution in [0.15, 0.2) is 23.1 Å². The molecule has 1 rings (SSSR count). The smallest absolute Gasteiger partial charge is 0.321 e. The second-order valence-corrected chi connectivity index (χ2v) is 5.23. The Hall–Kier alpha value is -2.11. The lowest BCUT2D eigenvalue weighted by Gasteiger charge is -2.08. The number of nitrogens with two attached hydrogens (primary N) is 1. The number of anilines is 1. The van der Waals surface area contributed by atoms with E-state index in [1.54, 1.807) is 6.92 Å². The molecule has 7 nitrogen and oxygen atoms in total. The number of nitriles is 1. The fourth-order valence-corrected chi connectivity index (χ4v) is 2.39. The molecule has 1 aromatic rings. The van der Waals surface area contributed by atoms with Gasteiger partial charge in [0.1, 0.15) is 11.4 Å². The van der Waals surface area contributed by atoms with Crippen LogP contribution in [0.25, 0.3) is 0 Å². The van der Waals surface area contributed by atoms with Gasteiger partial charge in [0.25, 0.3) is 0 Å². The average Bonchev–Trinajstić information content (AvgIpc) is 2.36. The van der Waals surface area contributed by atoms with Gasteiger partial charge in [0.05, 0.1) is 23.9 Å². The second kappa shape index (κ2) is 6.17. The van der Waals surface area contributed by atoms with E-state index >= 15 is 0 Å². The van der Waals surface area contributed by atoms with Gasteiger partial charge >= 0.3 is 5.97 Å². The molecule has 0 unspecified atom stereocenters. The van der Waals surface area contributed by atoms with Crippen LogP contribution >= 0.6 is 0 Å². The van der Waals surface area contributed by atoms with Crippen molar-refractivity contribution in [3.05, 3.63) is 23.8 Å². The Balaban J connectivity index is 2.89. The van der Waals surface area contributed by atoms with Gasteiger partial charge in [0, 0.05) is 0 Å². The molecule has 3 N–H and O–H groups in total. The molecule has 1 aromatic carbocycles. The third-order valence-electron chi connectivity index (χ3n) is 2.14. The summed E-state index contributed by atoms with van der Waals surface area (Å²) in [5.74, 6) is -0.682. The van der Waals surface area contributed by atoms with Crippen LogP contribution in [0.4, 0.5) is 5.69 Å². The maximum atomic E-state index is 11.9. The highest BCUT2D eigenvalue weighted by molar-refractivity contribution is 7.89. The van der Waals surface area contributed by atoms with E-state index in [1.807, 2.05) is 6.07 Å². The first-order valence-corrected chi connectivity index (χ1v) is 6.84. The van der Waals surface area contributed by atoms with Crippen molar-refractivity contribution in [3.8, 4) is 6.07 Å². The zero-order valence-electron chi connectivity index (χ0n) is 10.2. The van der Waals surface area contributed by atoms with Crippen molar-refractivity contribution in [1.82, 2.24) is 4.72 Å². The Morgan fingerprint density at radius 1 is 1.53 bits per heavy atom. The Morgan fingerprint density at radius 2 is 2.21 bits per heavy atom. The number of carbonyl (C=O) groups excluding carboxylic acids is 1. The largest absolute Gasteiger partial charge is 0.465 e. The summed E-state index contributed by atoms with van der Waals surface area (Å²) in [4.78, 5) is 10.9. The molecule has 0 aliphatic heterocycles. The summed E-state index contributed by atoms with van der Waals surface area (Å²) in [6.07, 6.45) is 0. The molecule has 0 saturated carbocycles. The number of nitrogens with one attached hydrogen (secondary N) is 1. The van der Waals surface area contributed by atoms with Crippen molar-refractivity contribution < 1.29 is 17.9 Å². The SMILES string of the molecule is CCOC(=O)CNS(=O)(=O)c1ccc(C#N)cc1N. The molecular formula is C11H13N3O4S. The van der Waals surface area contributed by atoms with Crippen LogP contribution in [0, 0.1) is 11.3 Å². The molecule has 19 heavy (non-hydrogen) atoms. The highest BCUT2D eigenvalue weighted by Gasteiger charge is 2.19. The summed E-state index contributed by atoms with van der Waals surface area (Å²) < 4.78 is 30.4. The molecule has 0 atom stereocenters. The van der Waals surface area contributed by atoms with Crippen LogP contribution < -0.4 is 10.5 Å². The molecule has 0 saturated heterocycles. The second-order valence-electron chi connectivity index (χ2n) is 3.49. The number of nitrogens with zero attached hydrogens (tertiary/aromatic N) is 1. The maximum Gasteiger partial charge on any atom is 0.321 e. The molecule has 0 amide bonds. The van der Waals surface area contributed by atoms with Gasteiger partial charge in [-0.25, -0.2) is 8.42 Å². The van der Waals surface area contributed by atoms with Crippen molar-refractivity contribution in [2.75, 3.05) is 18.9 Å². The zero-order chi connectivity index (χ0) is 14.5. The van der Waals surface area contributed by atoms with E-state index < -0.39 is 22.5 Å². The van der Waals surface area contributed by atoms with Crippen molar-refractivity contribution in [1.29, 1.82) is 5.26 Å². The standard InChI is InChI=1S/C11H13N3O4S/c1-2-18-11(15)7-14-19(16,17)10-4-3-8(6-12)5-9(10)13/h3-5,14H,2,7,13H2,1H3. The van der Waals surface area contributed by atoms with E-state index in [4.69, 9.17) is 11.0 Å². The first-order valence-electron chi connectivity index (χ1n) is 5.35. The number of nitrogen functional groups attached to an aromatic ring is 1. The third-order valence-corrected chi connectivity index (χ3v) is 3.62. The van der Waals surface area contributed by atoms with Crippen molar-refractivity contribution in [2.24, 2.45) is 0 Å². The molecule has 0 aliphatic carbocycles. The van der Waals surface area contributed by atoms with Crippen LogP contribution in [0.3, 0.4) is 0 Å². The van der Waals surface area contributed by atoms with E-state index in [2.05, 4.69) is 9.46 Å². The van der Waals surface area contributed by atoms with Crippen molar-refractivity contribution in [3.63, 3.8) is 0 Å². The monoisotopic (exact) mass is 283 g/mol. The van der Waals surface area contributed by atoms with E-state index in [-0.39, 0.29) is 22.8 Å². The summed E-state index contributed by atoms with van der Waals surface area (Å²) >= 11 is 0. The van der Waals surface area contributed by atoms with Crippen molar-refractivity contribution in [2.45, 2.75) is 11.8 Å². The lowest BCUT2D eigenvalue weighted by molar-refractivity contribution is -0.141. The van der Waals surface area contributed by atoms with Crippen LogP contribution in [0.2, 0.25) is 0 Å². The fraction of sp³-hybridized carbons (Fsp3) is 0.273. The summed E-state index contributed by atoms with van der Waals surface area (Å²) in [6, 6.07) is 5.63. The van der Waals surface area contributed by atoms with Crippen molar-refractivity contribution >= 4 is 21.7 Å². The van der Waals surface area contributed by atoms with Gasteiger partial charge in [-0.2, -0.15) is 9.98 Å². The van der Waals surface area contributed by atoms with E-state index in [1.165, 1.54) is 18.2 Å². The number of hydrogen-bond donors (Lipinski definition) is 2. The zero-order valence-corrected chi connectivity index (χ0v) is 11.0. The number of ether oxygens (including phenoxy) is 1. The number of hydrogen-bond acceptors (Lipinski definition) is 6. The van der Waals surface area contributed by atoms with Gasteiger partial charge in [0.2, 0.25) is 10.0 Å². The lowest BCUT2D eigenvalue weighted by Crippen LogP contribution is -2.31. The molecular weight excluding hydrogens is 270 g/mol. The molecule has 0 radical (unpaired) electrons. The Labute approximate surface area is 111 Å². The molecule has 0 bridgehead atoms. The summed E-state index contributed by atoms with van der Waals surface area (Å²) in [5, 5.41) is 8.66. The van der Waals surface area contributed by atoms with Gasteiger partial charge < -0.3 is 10.5 Å². The third kappa shape index (κ3) is 3.94. The molecule has 0 aliphatic rings. The van der Waals surface area contributed by atoms with E-state index in [0.717, 1.165) is 0 Å². The maximum absolute atomic E-state index is 11.9. The molecule has 0 aromatic heterocycles. The number of rotatable bonds is 5. The van der Waals surface area contributed by atoms with Gasteiger partial charge in [0.15, 0.2) is 0 Å². The molecule has 0 fully saturated rings. The topological polar surface area (TPSA) is 122 Å². The molecule has 8 heteroatoms. The quantitative estimate of drug-likeness (QED) is 0.578. The summed E-state index contributed by atoms with van der Waals surface area (Å²) in [7, 11) is -3.91. The number of sulfonamides is 1. The van der Waals surface area contributed by atoms with E-state index in [9.17, 15) is 13.2 Å². The van der Waals surface area contributed by atoms with Gasteiger partial charge in [-0.05, 0) is 25.1 Å². The molecule has 102 valence electrons. The predicted molar refractivity (Wildman–Crippen MR) is 67.4 cm³/mol. The molecule has 0 spiro atoms. The molecule has 0 heterocycles. The normalized spacial score (nSPS) is 10.7. The predicted octanol–water partition coefficient (Wildman–Crippen LogP) is -0.0181. The van der Waals surface area contributed by atoms with Crippen LogP contribution in [0.5, 0.6) is 0 Å². The number of carbonyl (C=O) groups is 1. The lowest BCUT2D eigenvalue weighted by atomic mass is 10.2. The first-order chi connectivity index (χ1) is 8.90. The fourth-order valence-electron chi connectivity index (χ4n) is 1.31. The minimum Gasteiger partial charge on any atom is -0.465 e. The van der Waals surface area contributed by atoms with Crippen LogP contribution in [0.1, 0.15) is 12.5 Å².